The molecule has 2 fully saturated rings. The van der Waals surface area contributed by atoms with Crippen LogP contribution in [0.25, 0.3) is 0 Å². The van der Waals surface area contributed by atoms with E-state index in [1.54, 1.807) is 4.90 Å². The van der Waals surface area contributed by atoms with Crippen molar-refractivity contribution in [2.75, 3.05) is 13.1 Å². The maximum atomic E-state index is 12.8. The first-order chi connectivity index (χ1) is 12.7. The average Bonchev–Trinajstić information content (AvgIpc) is 3.20. The largest absolute Gasteiger partial charge is 0.322 e. The van der Waals surface area contributed by atoms with Crippen molar-refractivity contribution in [3.63, 3.8) is 0 Å². The van der Waals surface area contributed by atoms with Crippen molar-refractivity contribution in [3.05, 3.63) is 34.9 Å². The lowest BCUT2D eigenvalue weighted by molar-refractivity contribution is -0.136. The van der Waals surface area contributed by atoms with E-state index in [0.29, 0.717) is 24.4 Å². The number of hydrogen-bond donors (Lipinski definition) is 1. The van der Waals surface area contributed by atoms with Gasteiger partial charge < -0.3 is 4.90 Å². The molecule has 3 aliphatic heterocycles. The number of benzene rings is 1. The minimum atomic E-state index is -0.547. The minimum absolute atomic E-state index is 0.103. The Morgan fingerprint density at radius 2 is 1.89 bits per heavy atom. The Morgan fingerprint density at radius 3 is 2.56 bits per heavy atom. The van der Waals surface area contributed by atoms with E-state index in [0.717, 1.165) is 25.1 Å². The van der Waals surface area contributed by atoms with Gasteiger partial charge in [-0.05, 0) is 63.3 Å². The molecule has 0 saturated carbocycles. The number of carbonyl (C=O) groups is 3. The fourth-order valence-electron chi connectivity index (χ4n) is 4.49. The van der Waals surface area contributed by atoms with Crippen LogP contribution < -0.4 is 5.32 Å². The summed E-state index contributed by atoms with van der Waals surface area (Å²) in [4.78, 5) is 40.5. The van der Waals surface area contributed by atoms with Crippen molar-refractivity contribution in [1.82, 2.24) is 15.1 Å². The Balaban J connectivity index is 1.52. The third kappa shape index (κ3) is 3.27. The number of nitrogens with one attached hydrogen (secondary N) is 1. The monoisotopic (exact) mass is 369 g/mol. The van der Waals surface area contributed by atoms with Gasteiger partial charge in [-0.2, -0.15) is 0 Å². The molecular formula is C21H27N3O3. The van der Waals surface area contributed by atoms with E-state index in [9.17, 15) is 14.4 Å². The van der Waals surface area contributed by atoms with Crippen molar-refractivity contribution < 1.29 is 14.4 Å². The van der Waals surface area contributed by atoms with Gasteiger partial charge in [0.25, 0.3) is 5.91 Å². The fraction of sp³-hybridized carbons (Fsp3) is 0.571. The molecule has 4 rings (SSSR count). The molecule has 2 atom stereocenters. The first kappa shape index (κ1) is 18.2. The van der Waals surface area contributed by atoms with E-state index >= 15 is 0 Å². The van der Waals surface area contributed by atoms with Gasteiger partial charge in [0.2, 0.25) is 11.8 Å². The zero-order valence-electron chi connectivity index (χ0n) is 16.2. The van der Waals surface area contributed by atoms with Crippen LogP contribution in [0.2, 0.25) is 0 Å². The van der Waals surface area contributed by atoms with Crippen LogP contribution in [0, 0.1) is 0 Å². The summed E-state index contributed by atoms with van der Waals surface area (Å²) in [6.45, 7) is 9.31. The molecule has 144 valence electrons. The molecule has 0 radical (unpaired) electrons. The van der Waals surface area contributed by atoms with E-state index in [-0.39, 0.29) is 29.7 Å². The molecule has 2 saturated heterocycles. The predicted octanol–water partition coefficient (Wildman–Crippen LogP) is 2.04. The van der Waals surface area contributed by atoms with Crippen molar-refractivity contribution in [3.8, 4) is 0 Å². The van der Waals surface area contributed by atoms with Gasteiger partial charge in [-0.1, -0.05) is 12.1 Å². The summed E-state index contributed by atoms with van der Waals surface area (Å²) >= 11 is 0. The van der Waals surface area contributed by atoms with E-state index in [1.165, 1.54) is 5.56 Å². The lowest BCUT2D eigenvalue weighted by Gasteiger charge is -2.31. The Morgan fingerprint density at radius 1 is 1.11 bits per heavy atom. The van der Waals surface area contributed by atoms with Gasteiger partial charge in [0.05, 0.1) is 0 Å². The summed E-state index contributed by atoms with van der Waals surface area (Å²) in [5.74, 6) is -0.236. The summed E-state index contributed by atoms with van der Waals surface area (Å²) in [6.07, 6.45) is 1.81. The van der Waals surface area contributed by atoms with Crippen LogP contribution in [0.15, 0.2) is 18.2 Å². The number of hydrogen-bond acceptors (Lipinski definition) is 4. The number of imide groups is 1. The zero-order chi connectivity index (χ0) is 19.3. The van der Waals surface area contributed by atoms with Gasteiger partial charge in [-0.15, -0.1) is 0 Å². The number of amides is 3. The van der Waals surface area contributed by atoms with Gasteiger partial charge in [0, 0.05) is 30.6 Å². The highest BCUT2D eigenvalue weighted by atomic mass is 16.2. The molecule has 0 bridgehead atoms. The summed E-state index contributed by atoms with van der Waals surface area (Å²) in [5, 5.41) is 2.35. The van der Waals surface area contributed by atoms with E-state index in [1.807, 2.05) is 6.07 Å². The highest BCUT2D eigenvalue weighted by Gasteiger charge is 2.39. The van der Waals surface area contributed by atoms with Crippen molar-refractivity contribution in [1.29, 1.82) is 0 Å². The SMILES string of the molecule is CC(C)(C)N1CCC(c2ccc3c(c2)CN(C2CCC(=O)NC2=O)C3=O)C1. The van der Waals surface area contributed by atoms with E-state index < -0.39 is 6.04 Å². The minimum Gasteiger partial charge on any atom is -0.322 e. The molecule has 3 amide bonds. The fourth-order valence-corrected chi connectivity index (χ4v) is 4.49. The quantitative estimate of drug-likeness (QED) is 0.810. The zero-order valence-corrected chi connectivity index (χ0v) is 16.2. The van der Waals surface area contributed by atoms with Crippen LogP contribution in [-0.2, 0) is 16.1 Å². The van der Waals surface area contributed by atoms with Gasteiger partial charge in [-0.25, -0.2) is 0 Å². The van der Waals surface area contributed by atoms with Crippen molar-refractivity contribution >= 4 is 17.7 Å². The number of likely N-dealkylation sites (tertiary alicyclic amines) is 1. The van der Waals surface area contributed by atoms with Crippen molar-refractivity contribution in [2.24, 2.45) is 0 Å². The lowest BCUT2D eigenvalue weighted by Crippen LogP contribution is -2.52. The summed E-state index contributed by atoms with van der Waals surface area (Å²) < 4.78 is 0. The third-order valence-corrected chi connectivity index (χ3v) is 6.16. The van der Waals surface area contributed by atoms with E-state index in [4.69, 9.17) is 0 Å². The molecule has 0 spiro atoms. The summed E-state index contributed by atoms with van der Waals surface area (Å²) in [7, 11) is 0. The number of fused-ring (bicyclic) bond motifs is 1. The average molecular weight is 369 g/mol. The Bertz CT molecular complexity index is 811. The molecule has 0 aromatic heterocycles. The highest BCUT2D eigenvalue weighted by Crippen LogP contribution is 2.35. The number of rotatable bonds is 2. The van der Waals surface area contributed by atoms with Gasteiger partial charge >= 0.3 is 0 Å². The van der Waals surface area contributed by atoms with Gasteiger partial charge in [0.15, 0.2) is 0 Å². The first-order valence-corrected chi connectivity index (χ1v) is 9.76. The third-order valence-electron chi connectivity index (χ3n) is 6.16. The smallest absolute Gasteiger partial charge is 0.255 e. The molecule has 3 heterocycles. The molecule has 3 aliphatic rings. The lowest BCUT2D eigenvalue weighted by atomic mass is 9.95. The maximum Gasteiger partial charge on any atom is 0.255 e. The topological polar surface area (TPSA) is 69.7 Å². The molecular weight excluding hydrogens is 342 g/mol. The second-order valence-electron chi connectivity index (χ2n) is 8.92. The normalized spacial score (nSPS) is 26.5. The molecule has 1 N–H and O–H groups in total. The van der Waals surface area contributed by atoms with Crippen LogP contribution in [0.4, 0.5) is 0 Å². The standard InChI is InChI=1S/C21H27N3O3/c1-21(2,3)23-9-8-14(11-23)13-4-5-16-15(10-13)12-24(20(16)27)17-6-7-18(25)22-19(17)26/h4-5,10,14,17H,6-9,11-12H2,1-3H3,(H,22,25,26). The molecule has 1 aromatic carbocycles. The van der Waals surface area contributed by atoms with Gasteiger partial charge in [-0.3, -0.25) is 24.6 Å². The molecule has 1 aromatic rings. The van der Waals surface area contributed by atoms with Gasteiger partial charge in [0.1, 0.15) is 6.04 Å². The summed E-state index contributed by atoms with van der Waals surface area (Å²) in [5.41, 5.74) is 3.13. The molecule has 6 nitrogen and oxygen atoms in total. The van der Waals surface area contributed by atoms with E-state index in [2.05, 4.69) is 43.1 Å². The second-order valence-corrected chi connectivity index (χ2v) is 8.92. The van der Waals surface area contributed by atoms with Crippen LogP contribution in [-0.4, -0.2) is 52.2 Å². The summed E-state index contributed by atoms with van der Waals surface area (Å²) in [6, 6.07) is 5.59. The number of carbonyl (C=O) groups excluding carboxylic acids is 3. The number of piperidine rings is 1. The predicted molar refractivity (Wildman–Crippen MR) is 101 cm³/mol. The highest BCUT2D eigenvalue weighted by molar-refractivity contribution is 6.05. The van der Waals surface area contributed by atoms with Crippen molar-refractivity contribution in [2.45, 2.75) is 64.1 Å². The van der Waals surface area contributed by atoms with Crippen LogP contribution >= 0.6 is 0 Å². The second kappa shape index (κ2) is 6.44. The molecule has 6 heteroatoms. The molecule has 2 unspecified atom stereocenters. The maximum absolute atomic E-state index is 12.8. The number of nitrogens with zero attached hydrogens (tertiary/aromatic N) is 2. The Labute approximate surface area is 159 Å². The van der Waals surface area contributed by atoms with Crippen LogP contribution in [0.1, 0.15) is 67.4 Å². The van der Waals surface area contributed by atoms with Crippen LogP contribution in [0.5, 0.6) is 0 Å². The Hall–Kier alpha value is -2.21. The molecule has 27 heavy (non-hydrogen) atoms. The first-order valence-electron chi connectivity index (χ1n) is 9.76. The van der Waals surface area contributed by atoms with Crippen LogP contribution in [0.3, 0.4) is 0 Å². The molecule has 0 aliphatic carbocycles. The Kier molecular flexibility index (Phi) is 4.34.